The maximum atomic E-state index is 10.0. The van der Waals surface area contributed by atoms with E-state index >= 15 is 0 Å². The first-order chi connectivity index (χ1) is 17.0. The number of carbonyl (C=O) groups excluding carboxylic acids is 1. The fraction of sp³-hybridized carbons (Fsp3) is 0.0667. The number of aliphatic hydroxyl groups is 1. The molecule has 2 aromatic heterocycles. The zero-order valence-electron chi connectivity index (χ0n) is 19.8. The summed E-state index contributed by atoms with van der Waals surface area (Å²) in [5.74, 6) is -0.0625. The van der Waals surface area contributed by atoms with Crippen LogP contribution in [0.4, 0.5) is 0 Å². The van der Waals surface area contributed by atoms with E-state index in [2.05, 4.69) is 78.9 Å². The Labute approximate surface area is 229 Å². The van der Waals surface area contributed by atoms with Crippen molar-refractivity contribution in [3.8, 4) is 22.4 Å². The van der Waals surface area contributed by atoms with Crippen LogP contribution in [0.25, 0.3) is 32.5 Å². The molecule has 3 nitrogen and oxygen atoms in total. The summed E-state index contributed by atoms with van der Waals surface area (Å²) >= 11 is 1.90. The Balaban J connectivity index is 0.000000338. The summed E-state index contributed by atoms with van der Waals surface area (Å²) in [6.45, 7) is 3.05. The Morgan fingerprint density at radius 2 is 1.67 bits per heavy atom. The number of benzene rings is 3. The van der Waals surface area contributed by atoms with Crippen molar-refractivity contribution >= 4 is 49.6 Å². The van der Waals surface area contributed by atoms with Crippen LogP contribution in [0.15, 0.2) is 103 Å². The summed E-state index contributed by atoms with van der Waals surface area (Å²) in [4.78, 5) is 14.7. The maximum Gasteiger partial charge on any atom is 0.195 e. The third-order valence-corrected chi connectivity index (χ3v) is 7.18. The van der Waals surface area contributed by atoms with Crippen LogP contribution in [0.2, 0.25) is 0 Å². The summed E-state index contributed by atoms with van der Waals surface area (Å²) in [6.07, 6.45) is 3.05. The number of nitrogens with zero attached hydrogens (tertiary/aromatic N) is 1. The number of carbonyl (C=O) groups is 1. The van der Waals surface area contributed by atoms with Crippen molar-refractivity contribution in [3.63, 3.8) is 0 Å². The van der Waals surface area contributed by atoms with Gasteiger partial charge in [0.25, 0.3) is 0 Å². The molecule has 0 aliphatic carbocycles. The summed E-state index contributed by atoms with van der Waals surface area (Å²) in [5.41, 5.74) is 7.41. The third kappa shape index (κ3) is 5.00. The van der Waals surface area contributed by atoms with Gasteiger partial charge in [-0.1, -0.05) is 60.1 Å². The summed E-state index contributed by atoms with van der Waals surface area (Å²) in [7, 11) is 0. The topological polar surface area (TPSA) is 50.2 Å². The molecule has 0 saturated heterocycles. The molecule has 0 bridgehead atoms. The van der Waals surface area contributed by atoms with Gasteiger partial charge in [0, 0.05) is 38.0 Å². The molecule has 6 heteroatoms. The van der Waals surface area contributed by atoms with Crippen LogP contribution in [0.5, 0.6) is 0 Å². The zero-order valence-corrected chi connectivity index (χ0v) is 22.9. The van der Waals surface area contributed by atoms with Gasteiger partial charge in [-0.25, -0.2) is 0 Å². The second kappa shape index (κ2) is 11.2. The fourth-order valence-electron chi connectivity index (χ4n) is 4.67. The second-order valence-electron chi connectivity index (χ2n) is 8.47. The number of rotatable bonds is 3. The molecule has 0 unspecified atom stereocenters. The number of ketones is 1. The van der Waals surface area contributed by atoms with E-state index in [1.54, 1.807) is 0 Å². The molecule has 0 atom stereocenters. The number of hydrogen-bond acceptors (Lipinski definition) is 4. The van der Waals surface area contributed by atoms with E-state index in [-0.39, 0.29) is 39.3 Å². The average Bonchev–Trinajstić information content (AvgIpc) is 3.40. The normalized spacial score (nSPS) is 11.7. The molecular formula is C30H23BNO2PtS-. The molecule has 180 valence electrons. The molecule has 0 fully saturated rings. The van der Waals surface area contributed by atoms with Gasteiger partial charge in [0.15, 0.2) is 12.5 Å². The van der Waals surface area contributed by atoms with Crippen molar-refractivity contribution in [2.45, 2.75) is 13.8 Å². The Morgan fingerprint density at radius 1 is 0.944 bits per heavy atom. The van der Waals surface area contributed by atoms with Crippen LogP contribution in [0, 0.1) is 6.07 Å². The molecule has 0 saturated carbocycles. The molecule has 1 N–H and O–H groups in total. The van der Waals surface area contributed by atoms with E-state index in [1.807, 2.05) is 29.7 Å². The van der Waals surface area contributed by atoms with E-state index in [0.717, 1.165) is 11.3 Å². The average molecular weight is 667 g/mol. The minimum absolute atomic E-state index is 0. The van der Waals surface area contributed by atoms with E-state index in [4.69, 9.17) is 10.1 Å². The number of allylic oxidation sites excluding steroid dienone is 2. The Hall–Kier alpha value is -3.27. The van der Waals surface area contributed by atoms with Crippen LogP contribution < -0.4 is 15.7 Å². The molecule has 36 heavy (non-hydrogen) atoms. The van der Waals surface area contributed by atoms with Crippen molar-refractivity contribution in [2.75, 3.05) is 0 Å². The SMILES string of the molecule is CC(=O)/C=C(/C)O.[Pt].[c-]1cccc2c1-c1ncccc1B2c1sc2ccccc2c1-c1ccccc1. The molecule has 1 aliphatic heterocycles. The minimum atomic E-state index is -0.125. The first-order valence-electron chi connectivity index (χ1n) is 11.4. The van der Waals surface area contributed by atoms with Crippen molar-refractivity contribution in [2.24, 2.45) is 0 Å². The van der Waals surface area contributed by atoms with Gasteiger partial charge in [-0.15, -0.1) is 46.6 Å². The number of aromatic nitrogens is 1. The second-order valence-corrected chi connectivity index (χ2v) is 9.56. The van der Waals surface area contributed by atoms with Gasteiger partial charge in [0.2, 0.25) is 0 Å². The van der Waals surface area contributed by atoms with Gasteiger partial charge in [0.05, 0.1) is 5.76 Å². The molecule has 3 heterocycles. The van der Waals surface area contributed by atoms with Gasteiger partial charge in [-0.3, -0.25) is 4.79 Å². The molecule has 0 radical (unpaired) electrons. The van der Waals surface area contributed by atoms with Gasteiger partial charge in [-0.2, -0.15) is 0 Å². The van der Waals surface area contributed by atoms with Crippen LogP contribution in [0.1, 0.15) is 13.8 Å². The van der Waals surface area contributed by atoms with E-state index < -0.39 is 0 Å². The molecule has 1 aliphatic rings. The van der Waals surface area contributed by atoms with Crippen molar-refractivity contribution in [1.29, 1.82) is 0 Å². The maximum absolute atomic E-state index is 10.0. The van der Waals surface area contributed by atoms with E-state index in [1.165, 1.54) is 56.8 Å². The van der Waals surface area contributed by atoms with Gasteiger partial charge in [0.1, 0.15) is 0 Å². The minimum Gasteiger partial charge on any atom is -0.512 e. The van der Waals surface area contributed by atoms with E-state index in [0.29, 0.717) is 0 Å². The third-order valence-electron chi connectivity index (χ3n) is 5.95. The quantitative estimate of drug-likeness (QED) is 0.121. The van der Waals surface area contributed by atoms with Crippen molar-refractivity contribution in [3.05, 3.63) is 109 Å². The summed E-state index contributed by atoms with van der Waals surface area (Å²) < 4.78 is 2.72. The largest absolute Gasteiger partial charge is 0.512 e. The fourth-order valence-corrected chi connectivity index (χ4v) is 6.03. The van der Waals surface area contributed by atoms with E-state index in [9.17, 15) is 4.79 Å². The Bertz CT molecular complexity index is 1510. The number of fused-ring (bicyclic) bond motifs is 4. The molecule has 5 aromatic rings. The van der Waals surface area contributed by atoms with Crippen LogP contribution >= 0.6 is 11.3 Å². The monoisotopic (exact) mass is 667 g/mol. The van der Waals surface area contributed by atoms with Gasteiger partial charge in [-0.05, 0) is 53.0 Å². The van der Waals surface area contributed by atoms with Crippen LogP contribution in [-0.4, -0.2) is 22.6 Å². The van der Waals surface area contributed by atoms with Gasteiger partial charge < -0.3 is 10.1 Å². The Morgan fingerprint density at radius 3 is 2.39 bits per heavy atom. The zero-order chi connectivity index (χ0) is 24.4. The number of pyridine rings is 1. The predicted molar refractivity (Wildman–Crippen MR) is 147 cm³/mol. The molecular weight excluding hydrogens is 644 g/mol. The first kappa shape index (κ1) is 25.8. The van der Waals surface area contributed by atoms with Gasteiger partial charge >= 0.3 is 0 Å². The van der Waals surface area contributed by atoms with Crippen molar-refractivity contribution < 1.29 is 31.0 Å². The predicted octanol–water partition coefficient (Wildman–Crippen LogP) is 5.29. The first-order valence-corrected chi connectivity index (χ1v) is 12.3. The summed E-state index contributed by atoms with van der Waals surface area (Å²) in [5, 5.41) is 9.69. The number of aliphatic hydroxyl groups excluding tert-OH is 1. The molecule has 3 aromatic carbocycles. The molecule has 6 rings (SSSR count). The van der Waals surface area contributed by atoms with Crippen LogP contribution in [-0.2, 0) is 25.9 Å². The standard InChI is InChI=1S/C25H15BNS.C5H8O2.Pt/c1-2-9-17(10-3-1)23-19-12-5-7-15-22(19)28-25(23)26-20-13-6-4-11-18(20)24-21(26)14-8-16-27-24;1-4(6)3-5(2)7;/h1-10,12-16H;3,6H,1-2H3;/q-1;;/b;4-3-;. The Kier molecular flexibility index (Phi) is 8.03. The summed E-state index contributed by atoms with van der Waals surface area (Å²) in [6, 6.07) is 33.5. The van der Waals surface area contributed by atoms with Crippen molar-refractivity contribution in [1.82, 2.24) is 4.98 Å². The number of thiophene rings is 1. The number of hydrogen-bond donors (Lipinski definition) is 1. The van der Waals surface area contributed by atoms with Crippen LogP contribution in [0.3, 0.4) is 0 Å². The molecule has 0 amide bonds. The molecule has 0 spiro atoms. The smallest absolute Gasteiger partial charge is 0.195 e.